The van der Waals surface area contributed by atoms with E-state index in [-0.39, 0.29) is 24.8 Å². The van der Waals surface area contributed by atoms with Crippen molar-refractivity contribution < 1.29 is 18.7 Å². The summed E-state index contributed by atoms with van der Waals surface area (Å²) in [6.45, 7) is 9.85. The van der Waals surface area contributed by atoms with Crippen LogP contribution in [0.25, 0.3) is 0 Å². The van der Waals surface area contributed by atoms with Crippen LogP contribution in [0.2, 0.25) is 0 Å². The summed E-state index contributed by atoms with van der Waals surface area (Å²) < 4.78 is 19.1. The summed E-state index contributed by atoms with van der Waals surface area (Å²) in [6, 6.07) is 0. The van der Waals surface area contributed by atoms with E-state index in [1.54, 1.807) is 6.92 Å². The molecule has 0 radical (unpaired) electrons. The van der Waals surface area contributed by atoms with Crippen molar-refractivity contribution in [2.75, 3.05) is 13.2 Å². The van der Waals surface area contributed by atoms with Gasteiger partial charge in [-0.05, 0) is 79.9 Å². The van der Waals surface area contributed by atoms with Gasteiger partial charge in [-0.15, -0.1) is 0 Å². The van der Waals surface area contributed by atoms with Crippen LogP contribution in [0.5, 0.6) is 0 Å². The lowest BCUT2D eigenvalue weighted by Gasteiger charge is -2.26. The summed E-state index contributed by atoms with van der Waals surface area (Å²) in [5, 5.41) is 0. The largest absolute Gasteiger partial charge is 0.460 e. The molecule has 5 heteroatoms. The number of rotatable bonds is 8. The molecule has 0 aromatic heterocycles. The Morgan fingerprint density at radius 3 is 2.60 bits per heavy atom. The van der Waals surface area contributed by atoms with Gasteiger partial charge in [0.05, 0.1) is 6.42 Å². The third-order valence-electron chi connectivity index (χ3n) is 5.82. The van der Waals surface area contributed by atoms with Crippen LogP contribution in [-0.2, 0) is 14.3 Å². The molecular formula is C25H32FNO3. The average molecular weight is 414 g/mol. The number of hydrogen-bond acceptors (Lipinski definition) is 4. The van der Waals surface area contributed by atoms with Gasteiger partial charge in [0.15, 0.2) is 0 Å². The number of aldehydes is 1. The van der Waals surface area contributed by atoms with Crippen molar-refractivity contribution in [2.24, 2.45) is 5.73 Å². The minimum atomic E-state index is -0.314. The number of allylic oxidation sites excluding steroid dienone is 7. The lowest BCUT2D eigenvalue weighted by molar-refractivity contribution is -0.142. The van der Waals surface area contributed by atoms with Crippen molar-refractivity contribution in [1.29, 1.82) is 0 Å². The number of nitrogens with two attached hydrogens (primary N) is 1. The fourth-order valence-electron chi connectivity index (χ4n) is 4.23. The summed E-state index contributed by atoms with van der Waals surface area (Å²) in [4.78, 5) is 22.9. The van der Waals surface area contributed by atoms with Crippen molar-refractivity contribution in [3.8, 4) is 0 Å². The third-order valence-corrected chi connectivity index (χ3v) is 5.82. The predicted octanol–water partition coefficient (Wildman–Crippen LogP) is 5.34. The molecule has 0 bridgehead atoms. The predicted molar refractivity (Wildman–Crippen MR) is 118 cm³/mol. The van der Waals surface area contributed by atoms with Gasteiger partial charge >= 0.3 is 5.97 Å². The quantitative estimate of drug-likeness (QED) is 0.331. The van der Waals surface area contributed by atoms with E-state index in [1.807, 2.05) is 13.0 Å². The van der Waals surface area contributed by atoms with Crippen molar-refractivity contribution >= 4 is 12.3 Å². The second-order valence-electron chi connectivity index (χ2n) is 7.80. The van der Waals surface area contributed by atoms with Crippen molar-refractivity contribution in [1.82, 2.24) is 0 Å². The van der Waals surface area contributed by atoms with E-state index in [0.29, 0.717) is 17.7 Å². The number of cyclic esters (lactones) is 1. The maximum absolute atomic E-state index is 14.2. The molecule has 2 N–H and O–H groups in total. The standard InChI is InChI=1S/C25H32FNO3/c1-5-18(10-16(3)11-19-12-25(29)30-15-20(19)14-28)22-9-7-8-21(23(22)13-27)17(4)24(26)6-2/h6,11,14H,2,5,7-10,12-13,15,27H2,1,3-4H3/b16-11+,22-18-,24-17+. The maximum Gasteiger partial charge on any atom is 0.310 e. The first-order chi connectivity index (χ1) is 14.4. The highest BCUT2D eigenvalue weighted by Gasteiger charge is 2.22. The van der Waals surface area contributed by atoms with Crippen LogP contribution in [0, 0.1) is 0 Å². The second-order valence-corrected chi connectivity index (χ2v) is 7.80. The van der Waals surface area contributed by atoms with E-state index < -0.39 is 0 Å². The van der Waals surface area contributed by atoms with E-state index in [0.717, 1.165) is 60.7 Å². The summed E-state index contributed by atoms with van der Waals surface area (Å²) in [7, 11) is 0. The number of esters is 1. The molecule has 0 saturated carbocycles. The lowest BCUT2D eigenvalue weighted by atomic mass is 9.80. The zero-order valence-electron chi connectivity index (χ0n) is 18.3. The lowest BCUT2D eigenvalue weighted by Crippen LogP contribution is -2.17. The molecule has 0 atom stereocenters. The molecule has 1 aliphatic heterocycles. The molecule has 0 aromatic carbocycles. The van der Waals surface area contributed by atoms with Gasteiger partial charge in [0.1, 0.15) is 18.7 Å². The van der Waals surface area contributed by atoms with Gasteiger partial charge in [-0.25, -0.2) is 4.39 Å². The van der Waals surface area contributed by atoms with Crippen LogP contribution >= 0.6 is 0 Å². The molecule has 30 heavy (non-hydrogen) atoms. The molecule has 162 valence electrons. The summed E-state index contributed by atoms with van der Waals surface area (Å²) >= 11 is 0. The average Bonchev–Trinajstić information content (AvgIpc) is 2.75. The molecule has 0 fully saturated rings. The van der Waals surface area contributed by atoms with Crippen LogP contribution in [0.15, 0.2) is 69.1 Å². The van der Waals surface area contributed by atoms with Gasteiger partial charge < -0.3 is 10.5 Å². The Morgan fingerprint density at radius 2 is 2.00 bits per heavy atom. The van der Waals surface area contributed by atoms with Gasteiger partial charge in [0.25, 0.3) is 0 Å². The van der Waals surface area contributed by atoms with Crippen molar-refractivity contribution in [3.63, 3.8) is 0 Å². The molecule has 2 rings (SSSR count). The molecule has 4 nitrogen and oxygen atoms in total. The number of carbonyl (C=O) groups is 2. The maximum atomic E-state index is 14.2. The highest BCUT2D eigenvalue weighted by Crippen LogP contribution is 2.38. The fourth-order valence-corrected chi connectivity index (χ4v) is 4.23. The SMILES string of the molecule is C=C/C(F)=C(/C)C1=C(CN)/C(=C(/CC)C/C(C)=C/C2=C(C=O)COC(=O)C2)CCC1. The van der Waals surface area contributed by atoms with Crippen molar-refractivity contribution in [3.05, 3.63) is 69.1 Å². The van der Waals surface area contributed by atoms with Crippen LogP contribution in [0.1, 0.15) is 59.3 Å². The van der Waals surface area contributed by atoms with E-state index in [4.69, 9.17) is 10.5 Å². The Kier molecular flexibility index (Phi) is 8.72. The first-order valence-electron chi connectivity index (χ1n) is 10.5. The monoisotopic (exact) mass is 413 g/mol. The molecule has 0 spiro atoms. The van der Waals surface area contributed by atoms with Gasteiger partial charge in [-0.3, -0.25) is 9.59 Å². The van der Waals surface area contributed by atoms with Gasteiger partial charge in [-0.2, -0.15) is 0 Å². The molecule has 0 aromatic rings. The number of ether oxygens (including phenoxy) is 1. The number of carbonyl (C=O) groups excluding carboxylic acids is 2. The molecular weight excluding hydrogens is 381 g/mol. The topological polar surface area (TPSA) is 69.4 Å². The third kappa shape index (κ3) is 5.54. The molecule has 1 heterocycles. The van der Waals surface area contributed by atoms with Crippen molar-refractivity contribution in [2.45, 2.75) is 59.3 Å². The molecule has 0 unspecified atom stereocenters. The second kappa shape index (κ2) is 11.0. The Morgan fingerprint density at radius 1 is 1.27 bits per heavy atom. The van der Waals surface area contributed by atoms with Crippen LogP contribution < -0.4 is 5.73 Å². The van der Waals surface area contributed by atoms with Crippen LogP contribution in [-0.4, -0.2) is 25.4 Å². The van der Waals surface area contributed by atoms with E-state index >= 15 is 0 Å². The summed E-state index contributed by atoms with van der Waals surface area (Å²) in [5.41, 5.74) is 13.6. The van der Waals surface area contributed by atoms with Gasteiger partial charge in [-0.1, -0.05) is 30.7 Å². The Labute approximate surface area is 178 Å². The zero-order chi connectivity index (χ0) is 22.3. The number of hydrogen-bond donors (Lipinski definition) is 1. The summed E-state index contributed by atoms with van der Waals surface area (Å²) in [6.07, 6.45) is 8.31. The molecule has 0 saturated heterocycles. The fraction of sp³-hybridized carbons (Fsp3) is 0.440. The first kappa shape index (κ1) is 23.7. The minimum Gasteiger partial charge on any atom is -0.460 e. The smallest absolute Gasteiger partial charge is 0.310 e. The van der Waals surface area contributed by atoms with Gasteiger partial charge in [0.2, 0.25) is 0 Å². The Hall–Kier alpha value is -2.53. The minimum absolute atomic E-state index is 0.0348. The Balaban J connectivity index is 2.45. The normalized spacial score (nSPS) is 20.7. The molecule has 1 aliphatic carbocycles. The van der Waals surface area contributed by atoms with E-state index in [1.165, 1.54) is 17.2 Å². The Bertz CT molecular complexity index is 884. The van der Waals surface area contributed by atoms with Crippen LogP contribution in [0.4, 0.5) is 4.39 Å². The van der Waals surface area contributed by atoms with Crippen LogP contribution in [0.3, 0.4) is 0 Å². The van der Waals surface area contributed by atoms with Gasteiger partial charge in [0, 0.05) is 12.1 Å². The summed E-state index contributed by atoms with van der Waals surface area (Å²) in [5.74, 6) is -0.616. The van der Waals surface area contributed by atoms with E-state index in [2.05, 4.69) is 13.5 Å². The number of halogens is 1. The highest BCUT2D eigenvalue weighted by atomic mass is 19.1. The zero-order valence-corrected chi connectivity index (χ0v) is 18.3. The highest BCUT2D eigenvalue weighted by molar-refractivity contribution is 5.84. The van der Waals surface area contributed by atoms with E-state index in [9.17, 15) is 14.0 Å². The first-order valence-corrected chi connectivity index (χ1v) is 10.5. The molecule has 2 aliphatic rings. The molecule has 0 amide bonds.